The van der Waals surface area contributed by atoms with Crippen molar-refractivity contribution in [1.29, 1.82) is 0 Å². The summed E-state index contributed by atoms with van der Waals surface area (Å²) in [6.07, 6.45) is 2.52. The maximum Gasteiger partial charge on any atom is 0.0847 e. The molecule has 5 heteroatoms. The van der Waals surface area contributed by atoms with Crippen LogP contribution in [0.3, 0.4) is 0 Å². The Hall–Kier alpha value is -0.580. The van der Waals surface area contributed by atoms with Gasteiger partial charge in [0.15, 0.2) is 0 Å². The Balaban J connectivity index is 2.23. The number of nitrogens with zero attached hydrogens (tertiary/aromatic N) is 2. The predicted molar refractivity (Wildman–Crippen MR) is 66.2 cm³/mol. The molecule has 1 aliphatic rings. The smallest absolute Gasteiger partial charge is 0.0847 e. The first-order valence-corrected chi connectivity index (χ1v) is 6.32. The number of hydrogen-bond acceptors (Lipinski definition) is 3. The minimum Gasteiger partial charge on any atom is -0.396 e. The van der Waals surface area contributed by atoms with E-state index in [0.29, 0.717) is 0 Å². The second-order valence-corrected chi connectivity index (χ2v) is 5.29. The fourth-order valence-corrected chi connectivity index (χ4v) is 2.65. The van der Waals surface area contributed by atoms with Gasteiger partial charge < -0.3 is 9.84 Å². The molecule has 96 valence electrons. The summed E-state index contributed by atoms with van der Waals surface area (Å²) in [4.78, 5) is 0. The molecule has 1 N–H and O–H groups in total. The van der Waals surface area contributed by atoms with E-state index in [2.05, 4.69) is 5.10 Å². The number of halogens is 1. The van der Waals surface area contributed by atoms with Gasteiger partial charge in [0.1, 0.15) is 0 Å². The molecule has 0 saturated carbocycles. The van der Waals surface area contributed by atoms with Crippen molar-refractivity contribution >= 4 is 11.6 Å². The maximum atomic E-state index is 9.66. The van der Waals surface area contributed by atoms with Crippen LogP contribution in [0.1, 0.15) is 24.2 Å². The van der Waals surface area contributed by atoms with Gasteiger partial charge in [-0.3, -0.25) is 4.68 Å². The van der Waals surface area contributed by atoms with Gasteiger partial charge in [-0.15, -0.1) is 0 Å². The molecule has 0 spiro atoms. The first-order valence-electron chi connectivity index (χ1n) is 5.94. The third-order valence-electron chi connectivity index (χ3n) is 3.69. The lowest BCUT2D eigenvalue weighted by Crippen LogP contribution is -2.35. The number of hydrogen-bond donors (Lipinski definition) is 1. The zero-order valence-corrected chi connectivity index (χ0v) is 11.1. The number of aryl methyl sites for hydroxylation is 2. The van der Waals surface area contributed by atoms with E-state index in [4.69, 9.17) is 16.3 Å². The highest BCUT2D eigenvalue weighted by Gasteiger charge is 2.34. The molecule has 0 bridgehead atoms. The van der Waals surface area contributed by atoms with Crippen LogP contribution in [0.15, 0.2) is 0 Å². The summed E-state index contributed by atoms with van der Waals surface area (Å²) in [5, 5.41) is 14.7. The topological polar surface area (TPSA) is 47.3 Å². The lowest BCUT2D eigenvalue weighted by molar-refractivity contribution is -0.0166. The van der Waals surface area contributed by atoms with Crippen molar-refractivity contribution in [1.82, 2.24) is 9.78 Å². The van der Waals surface area contributed by atoms with Gasteiger partial charge >= 0.3 is 0 Å². The van der Waals surface area contributed by atoms with E-state index < -0.39 is 0 Å². The number of ether oxygens (including phenoxy) is 1. The minimum absolute atomic E-state index is 0.0951. The van der Waals surface area contributed by atoms with E-state index in [9.17, 15) is 5.11 Å². The molecule has 1 saturated heterocycles. The Kier molecular flexibility index (Phi) is 3.76. The van der Waals surface area contributed by atoms with E-state index in [-0.39, 0.29) is 12.0 Å². The van der Waals surface area contributed by atoms with Gasteiger partial charge in [-0.05, 0) is 26.2 Å². The van der Waals surface area contributed by atoms with Crippen molar-refractivity contribution in [3.8, 4) is 0 Å². The second-order valence-electron chi connectivity index (χ2n) is 4.92. The Bertz CT molecular complexity index is 397. The van der Waals surface area contributed by atoms with Crippen LogP contribution in [0.25, 0.3) is 0 Å². The second kappa shape index (κ2) is 4.96. The Morgan fingerprint density at radius 2 is 2.12 bits per heavy atom. The summed E-state index contributed by atoms with van der Waals surface area (Å²) < 4.78 is 7.19. The highest BCUT2D eigenvalue weighted by Crippen LogP contribution is 2.36. The van der Waals surface area contributed by atoms with Gasteiger partial charge in [-0.25, -0.2) is 0 Å². The molecule has 0 unspecified atom stereocenters. The summed E-state index contributed by atoms with van der Waals surface area (Å²) in [6, 6.07) is 0. The predicted octanol–water partition coefficient (Wildman–Crippen LogP) is 1.71. The molecule has 1 aliphatic heterocycles. The molecule has 2 heterocycles. The molecular weight excluding hydrogens is 240 g/mol. The Morgan fingerprint density at radius 1 is 1.47 bits per heavy atom. The SMILES string of the molecule is Cc1nn(C)c(CC2(CO)CCOCC2)c1Cl. The van der Waals surface area contributed by atoms with E-state index >= 15 is 0 Å². The quantitative estimate of drug-likeness (QED) is 0.898. The lowest BCUT2D eigenvalue weighted by atomic mass is 9.77. The maximum absolute atomic E-state index is 9.66. The van der Waals surface area contributed by atoms with Crippen LogP contribution < -0.4 is 0 Å². The highest BCUT2D eigenvalue weighted by atomic mass is 35.5. The molecule has 0 aliphatic carbocycles. The standard InChI is InChI=1S/C12H19ClN2O2/c1-9-11(13)10(15(2)14-9)7-12(8-16)3-5-17-6-4-12/h16H,3-8H2,1-2H3. The van der Waals surface area contributed by atoms with Crippen LogP contribution in [0, 0.1) is 12.3 Å². The highest BCUT2D eigenvalue weighted by molar-refractivity contribution is 6.31. The van der Waals surface area contributed by atoms with Crippen molar-refractivity contribution in [2.24, 2.45) is 12.5 Å². The zero-order valence-electron chi connectivity index (χ0n) is 10.4. The molecule has 2 rings (SSSR count). The van der Waals surface area contributed by atoms with Crippen LogP contribution >= 0.6 is 11.6 Å². The molecule has 4 nitrogen and oxygen atoms in total. The molecule has 17 heavy (non-hydrogen) atoms. The van der Waals surface area contributed by atoms with E-state index in [1.54, 1.807) is 0 Å². The molecule has 0 amide bonds. The van der Waals surface area contributed by atoms with Crippen molar-refractivity contribution < 1.29 is 9.84 Å². The third kappa shape index (κ3) is 2.49. The van der Waals surface area contributed by atoms with Crippen LogP contribution in [0.5, 0.6) is 0 Å². The van der Waals surface area contributed by atoms with Gasteiger partial charge in [0, 0.05) is 32.3 Å². The first-order chi connectivity index (χ1) is 8.08. The molecule has 1 aromatic heterocycles. The van der Waals surface area contributed by atoms with Gasteiger partial charge in [0.25, 0.3) is 0 Å². The van der Waals surface area contributed by atoms with Crippen LogP contribution in [0.4, 0.5) is 0 Å². The lowest BCUT2D eigenvalue weighted by Gasteiger charge is -2.35. The number of aliphatic hydroxyl groups excluding tert-OH is 1. The third-order valence-corrected chi connectivity index (χ3v) is 4.18. The molecule has 0 atom stereocenters. The Morgan fingerprint density at radius 3 is 2.59 bits per heavy atom. The van der Waals surface area contributed by atoms with Crippen LogP contribution in [-0.2, 0) is 18.2 Å². The molecule has 0 radical (unpaired) electrons. The van der Waals surface area contributed by atoms with Crippen molar-refractivity contribution in [2.45, 2.75) is 26.2 Å². The van der Waals surface area contributed by atoms with Crippen LogP contribution in [0.2, 0.25) is 5.02 Å². The average molecular weight is 259 g/mol. The normalized spacial score (nSPS) is 19.5. The van der Waals surface area contributed by atoms with E-state index in [1.807, 2.05) is 18.7 Å². The largest absolute Gasteiger partial charge is 0.396 e. The monoisotopic (exact) mass is 258 g/mol. The molecule has 0 aromatic carbocycles. The molecule has 1 fully saturated rings. The van der Waals surface area contributed by atoms with Gasteiger partial charge in [-0.1, -0.05) is 11.6 Å². The van der Waals surface area contributed by atoms with E-state index in [0.717, 1.165) is 48.9 Å². The van der Waals surface area contributed by atoms with Gasteiger partial charge in [-0.2, -0.15) is 5.10 Å². The van der Waals surface area contributed by atoms with Crippen molar-refractivity contribution in [3.05, 3.63) is 16.4 Å². The van der Waals surface area contributed by atoms with Gasteiger partial charge in [0.2, 0.25) is 0 Å². The summed E-state index contributed by atoms with van der Waals surface area (Å²) in [6.45, 7) is 3.52. The fourth-order valence-electron chi connectivity index (χ4n) is 2.42. The number of rotatable bonds is 3. The fraction of sp³-hybridized carbons (Fsp3) is 0.750. The molecular formula is C12H19ClN2O2. The Labute approximate surface area is 107 Å². The average Bonchev–Trinajstić information content (AvgIpc) is 2.57. The summed E-state index contributed by atoms with van der Waals surface area (Å²) in [5.74, 6) is 0. The number of aliphatic hydroxyl groups is 1. The van der Waals surface area contributed by atoms with Crippen molar-refractivity contribution in [2.75, 3.05) is 19.8 Å². The summed E-state index contributed by atoms with van der Waals surface area (Å²) in [7, 11) is 1.90. The summed E-state index contributed by atoms with van der Waals surface area (Å²) >= 11 is 6.26. The zero-order chi connectivity index (χ0) is 12.5. The van der Waals surface area contributed by atoms with E-state index in [1.165, 1.54) is 0 Å². The first kappa shape index (κ1) is 12.9. The molecule has 1 aromatic rings. The van der Waals surface area contributed by atoms with Gasteiger partial charge in [0.05, 0.1) is 16.4 Å². The minimum atomic E-state index is -0.0951. The van der Waals surface area contributed by atoms with Crippen LogP contribution in [-0.4, -0.2) is 34.7 Å². The number of aromatic nitrogens is 2. The van der Waals surface area contributed by atoms with Crippen molar-refractivity contribution in [3.63, 3.8) is 0 Å². The summed E-state index contributed by atoms with van der Waals surface area (Å²) in [5.41, 5.74) is 1.77.